The number of carbonyl (C=O) groups excluding carboxylic acids is 1. The summed E-state index contributed by atoms with van der Waals surface area (Å²) in [7, 11) is 0. The maximum Gasteiger partial charge on any atom is 0.338 e. The molecule has 3 aromatic rings. The molecule has 0 N–H and O–H groups in total. The van der Waals surface area contributed by atoms with E-state index in [4.69, 9.17) is 23.7 Å². The predicted molar refractivity (Wildman–Crippen MR) is 120 cm³/mol. The molecule has 0 saturated carbocycles. The number of hydrogen-bond acceptors (Lipinski definition) is 6. The molecule has 4 atom stereocenters. The lowest BCUT2D eigenvalue weighted by Gasteiger charge is -2.26. The highest BCUT2D eigenvalue weighted by Gasteiger charge is 2.53. The highest BCUT2D eigenvalue weighted by molar-refractivity contribution is 5.89. The third-order valence-corrected chi connectivity index (χ3v) is 5.83. The van der Waals surface area contributed by atoms with Crippen molar-refractivity contribution in [2.24, 2.45) is 0 Å². The zero-order chi connectivity index (χ0) is 22.5. The van der Waals surface area contributed by atoms with Gasteiger partial charge in [-0.2, -0.15) is 0 Å². The average Bonchev–Trinajstić information content (AvgIpc) is 3.53. The van der Waals surface area contributed by atoms with E-state index < -0.39 is 36.7 Å². The van der Waals surface area contributed by atoms with Gasteiger partial charge in [0.1, 0.15) is 18.3 Å². The first-order chi connectivity index (χ1) is 16.3. The molecule has 3 aromatic carbocycles. The Labute approximate surface area is 193 Å². The first-order valence-electron chi connectivity index (χ1n) is 11.1. The first-order valence-corrected chi connectivity index (χ1v) is 11.1. The topological polar surface area (TPSA) is 63.2 Å². The highest BCUT2D eigenvalue weighted by atomic mass is 16.7. The minimum absolute atomic E-state index is 0.346. The predicted octanol–water partition coefficient (Wildman–Crippen LogP) is 4.31. The number of hydrogen-bond donors (Lipinski definition) is 0. The molecule has 0 amide bonds. The summed E-state index contributed by atoms with van der Waals surface area (Å²) in [6.45, 7) is 1.32. The molecular formula is C27H26O6. The molecule has 5 rings (SSSR count). The van der Waals surface area contributed by atoms with Crippen molar-refractivity contribution >= 4 is 5.97 Å². The van der Waals surface area contributed by atoms with Crippen LogP contribution in [0.4, 0.5) is 0 Å². The van der Waals surface area contributed by atoms with Gasteiger partial charge in [0.25, 0.3) is 0 Å². The molecule has 2 aliphatic rings. The Hall–Kier alpha value is -3.03. The molecule has 0 aromatic heterocycles. The lowest BCUT2D eigenvalue weighted by Crippen LogP contribution is -2.42. The zero-order valence-corrected chi connectivity index (χ0v) is 18.1. The molecule has 33 heavy (non-hydrogen) atoms. The van der Waals surface area contributed by atoms with Gasteiger partial charge in [0.05, 0.1) is 25.4 Å². The van der Waals surface area contributed by atoms with Crippen LogP contribution in [0.2, 0.25) is 0 Å². The molecule has 2 fully saturated rings. The fourth-order valence-electron chi connectivity index (χ4n) is 4.23. The van der Waals surface area contributed by atoms with Crippen LogP contribution in [0.5, 0.6) is 0 Å². The number of rotatable bonds is 7. The summed E-state index contributed by atoms with van der Waals surface area (Å²) in [6, 6.07) is 28.5. The lowest BCUT2D eigenvalue weighted by molar-refractivity contribution is -0.169. The van der Waals surface area contributed by atoms with E-state index >= 15 is 0 Å². The van der Waals surface area contributed by atoms with Crippen molar-refractivity contribution < 1.29 is 28.5 Å². The van der Waals surface area contributed by atoms with E-state index in [0.717, 1.165) is 11.1 Å². The molecule has 6 heteroatoms. The molecule has 0 radical (unpaired) electrons. The van der Waals surface area contributed by atoms with Crippen LogP contribution in [0.1, 0.15) is 27.6 Å². The van der Waals surface area contributed by atoms with Crippen molar-refractivity contribution in [3.63, 3.8) is 0 Å². The highest BCUT2D eigenvalue weighted by Crippen LogP contribution is 2.40. The maximum absolute atomic E-state index is 13.0. The standard InChI is InChI=1S/C27H26O6/c28-26(21-14-8-3-9-15-21)33-24-22(20-12-6-2-7-13-20)32-25(27-29-16-17-30-27)23(24)31-18-19-10-4-1-5-11-19/h1-15,22-25,27H,16-18H2/t22-,23+,24-,25-/m1/s1. The van der Waals surface area contributed by atoms with Crippen molar-refractivity contribution in [1.29, 1.82) is 0 Å². The van der Waals surface area contributed by atoms with Crippen LogP contribution in [-0.2, 0) is 30.3 Å². The number of benzene rings is 3. The normalized spacial score (nSPS) is 25.2. The van der Waals surface area contributed by atoms with Crippen molar-refractivity contribution in [2.45, 2.75) is 37.3 Å². The Kier molecular flexibility index (Phi) is 6.79. The summed E-state index contributed by atoms with van der Waals surface area (Å²) in [5, 5.41) is 0. The largest absolute Gasteiger partial charge is 0.453 e. The maximum atomic E-state index is 13.0. The fraction of sp³-hybridized carbons (Fsp3) is 0.296. The molecule has 2 heterocycles. The van der Waals surface area contributed by atoms with Gasteiger partial charge in [0, 0.05) is 0 Å². The van der Waals surface area contributed by atoms with E-state index in [1.165, 1.54) is 0 Å². The molecular weight excluding hydrogens is 420 g/mol. The fourth-order valence-corrected chi connectivity index (χ4v) is 4.23. The van der Waals surface area contributed by atoms with Gasteiger partial charge in [-0.15, -0.1) is 0 Å². The number of esters is 1. The minimum atomic E-state index is -0.679. The van der Waals surface area contributed by atoms with E-state index in [-0.39, 0.29) is 0 Å². The van der Waals surface area contributed by atoms with Gasteiger partial charge in [0.2, 0.25) is 0 Å². The van der Waals surface area contributed by atoms with Crippen molar-refractivity contribution in [1.82, 2.24) is 0 Å². The van der Waals surface area contributed by atoms with Crippen LogP contribution < -0.4 is 0 Å². The van der Waals surface area contributed by atoms with Gasteiger partial charge in [-0.1, -0.05) is 78.9 Å². The van der Waals surface area contributed by atoms with Crippen molar-refractivity contribution in [3.8, 4) is 0 Å². The molecule has 170 valence electrons. The summed E-state index contributed by atoms with van der Waals surface area (Å²) in [6.07, 6.45) is -2.90. The van der Waals surface area contributed by atoms with Gasteiger partial charge in [0.15, 0.2) is 12.4 Å². The van der Waals surface area contributed by atoms with Crippen LogP contribution in [-0.4, -0.2) is 43.8 Å². The SMILES string of the molecule is O=C(O[C@H]1[C@H](OCc2ccccc2)[C@H](C2OCCO2)O[C@@H]1c1ccccc1)c1ccccc1. The van der Waals surface area contributed by atoms with Gasteiger partial charge < -0.3 is 23.7 Å². The van der Waals surface area contributed by atoms with E-state index in [1.54, 1.807) is 12.1 Å². The monoisotopic (exact) mass is 446 g/mol. The second kappa shape index (κ2) is 10.3. The van der Waals surface area contributed by atoms with Crippen LogP contribution >= 0.6 is 0 Å². The Morgan fingerprint density at radius 3 is 2.06 bits per heavy atom. The molecule has 2 saturated heterocycles. The molecule has 2 aliphatic heterocycles. The first kappa shape index (κ1) is 21.8. The summed E-state index contributed by atoms with van der Waals surface area (Å²) in [4.78, 5) is 13.0. The Balaban J connectivity index is 1.45. The van der Waals surface area contributed by atoms with Crippen LogP contribution in [0.15, 0.2) is 91.0 Å². The second-order valence-electron chi connectivity index (χ2n) is 8.04. The summed E-state index contributed by atoms with van der Waals surface area (Å²) in [5.74, 6) is -0.424. The quantitative estimate of drug-likeness (QED) is 0.504. The van der Waals surface area contributed by atoms with Crippen molar-refractivity contribution in [3.05, 3.63) is 108 Å². The number of carbonyl (C=O) groups is 1. The lowest BCUT2D eigenvalue weighted by atomic mass is 10.0. The van der Waals surface area contributed by atoms with Crippen LogP contribution in [0, 0.1) is 0 Å². The van der Waals surface area contributed by atoms with Gasteiger partial charge in [-0.05, 0) is 23.3 Å². The zero-order valence-electron chi connectivity index (χ0n) is 18.1. The molecule has 0 bridgehead atoms. The minimum Gasteiger partial charge on any atom is -0.453 e. The van der Waals surface area contributed by atoms with E-state index in [1.807, 2.05) is 78.9 Å². The second-order valence-corrected chi connectivity index (χ2v) is 8.04. The third kappa shape index (κ3) is 4.99. The van der Waals surface area contributed by atoms with Crippen LogP contribution in [0.3, 0.4) is 0 Å². The van der Waals surface area contributed by atoms with E-state index in [2.05, 4.69) is 0 Å². The Bertz CT molecular complexity index is 1020. The van der Waals surface area contributed by atoms with Crippen molar-refractivity contribution in [2.75, 3.05) is 13.2 Å². The van der Waals surface area contributed by atoms with E-state index in [9.17, 15) is 4.79 Å². The van der Waals surface area contributed by atoms with E-state index in [0.29, 0.717) is 25.4 Å². The summed E-state index contributed by atoms with van der Waals surface area (Å²) >= 11 is 0. The smallest absolute Gasteiger partial charge is 0.338 e. The molecule has 0 aliphatic carbocycles. The molecule has 0 unspecified atom stereocenters. The van der Waals surface area contributed by atoms with Gasteiger partial charge in [-0.3, -0.25) is 0 Å². The summed E-state index contributed by atoms with van der Waals surface area (Å²) in [5.41, 5.74) is 2.39. The summed E-state index contributed by atoms with van der Waals surface area (Å²) < 4.78 is 30.4. The Morgan fingerprint density at radius 1 is 0.788 bits per heavy atom. The Morgan fingerprint density at radius 2 is 1.39 bits per heavy atom. The third-order valence-electron chi connectivity index (χ3n) is 5.83. The van der Waals surface area contributed by atoms with Gasteiger partial charge >= 0.3 is 5.97 Å². The average molecular weight is 446 g/mol. The van der Waals surface area contributed by atoms with Crippen LogP contribution in [0.25, 0.3) is 0 Å². The molecule has 6 nitrogen and oxygen atoms in total. The van der Waals surface area contributed by atoms with Gasteiger partial charge in [-0.25, -0.2) is 4.79 Å². The molecule has 0 spiro atoms. The number of ether oxygens (including phenoxy) is 5.